The molecule has 0 unspecified atom stereocenters. The van der Waals surface area contributed by atoms with Crippen molar-refractivity contribution >= 4 is 23.2 Å². The van der Waals surface area contributed by atoms with Crippen LogP contribution in [0.25, 0.3) is 0 Å². The smallest absolute Gasteiger partial charge is 0.279 e. The first-order valence-corrected chi connectivity index (χ1v) is 7.31. The van der Waals surface area contributed by atoms with Crippen molar-refractivity contribution in [1.29, 1.82) is 0 Å². The third kappa shape index (κ3) is 6.45. The molecule has 0 saturated carbocycles. The monoisotopic (exact) mass is 323 g/mol. The normalized spacial score (nSPS) is 11.0. The molecule has 0 bridgehead atoms. The average Bonchev–Trinajstić information content (AvgIpc) is 2.52. The van der Waals surface area contributed by atoms with E-state index in [9.17, 15) is 4.79 Å². The van der Waals surface area contributed by atoms with Gasteiger partial charge >= 0.3 is 0 Å². The van der Waals surface area contributed by atoms with Crippen LogP contribution in [0.15, 0.2) is 36.9 Å². The maximum atomic E-state index is 11.9. The lowest BCUT2D eigenvalue weighted by Gasteiger charge is -2.16. The Morgan fingerprint density at radius 3 is 2.55 bits per heavy atom. The Morgan fingerprint density at radius 2 is 1.95 bits per heavy atom. The summed E-state index contributed by atoms with van der Waals surface area (Å²) in [6, 6.07) is 7.07. The number of ether oxygens (including phenoxy) is 2. The van der Waals surface area contributed by atoms with Gasteiger partial charge in [-0.25, -0.2) is 0 Å². The third-order valence-corrected chi connectivity index (χ3v) is 2.77. The number of thiocarbonyl (C=S) groups is 1. The highest BCUT2D eigenvalue weighted by atomic mass is 32.1. The van der Waals surface area contributed by atoms with Crippen LogP contribution in [0.3, 0.4) is 0 Å². The number of carbonyl (C=O) groups is 1. The van der Waals surface area contributed by atoms with Crippen molar-refractivity contribution in [2.24, 2.45) is 0 Å². The number of amides is 1. The van der Waals surface area contributed by atoms with Crippen LogP contribution in [-0.4, -0.2) is 30.3 Å². The van der Waals surface area contributed by atoms with Crippen molar-refractivity contribution < 1.29 is 14.3 Å². The highest BCUT2D eigenvalue weighted by Gasteiger charge is 2.14. The van der Waals surface area contributed by atoms with E-state index >= 15 is 0 Å². The van der Waals surface area contributed by atoms with Crippen LogP contribution >= 0.6 is 12.2 Å². The summed E-state index contributed by atoms with van der Waals surface area (Å²) in [4.78, 5) is 11.9. The van der Waals surface area contributed by atoms with Crippen molar-refractivity contribution in [3.8, 4) is 11.5 Å². The van der Waals surface area contributed by atoms with Crippen LogP contribution in [0.5, 0.6) is 11.5 Å². The lowest BCUT2D eigenvalue weighted by molar-refractivity contribution is -0.127. The summed E-state index contributed by atoms with van der Waals surface area (Å²) in [5.41, 5.74) is 5.05. The summed E-state index contributed by atoms with van der Waals surface area (Å²) < 4.78 is 10.9. The molecule has 0 heterocycles. The van der Waals surface area contributed by atoms with Crippen molar-refractivity contribution in [2.75, 3.05) is 13.2 Å². The molecule has 1 aromatic carbocycles. The fourth-order valence-corrected chi connectivity index (χ4v) is 1.60. The second-order valence-corrected chi connectivity index (χ2v) is 4.69. The van der Waals surface area contributed by atoms with Crippen molar-refractivity contribution in [3.05, 3.63) is 36.9 Å². The molecule has 0 spiro atoms. The number of rotatable bonds is 7. The highest BCUT2D eigenvalue weighted by Crippen LogP contribution is 2.18. The maximum Gasteiger partial charge on any atom is 0.279 e. The van der Waals surface area contributed by atoms with Gasteiger partial charge in [-0.1, -0.05) is 6.08 Å². The number of nitrogens with one attached hydrogen (secondary N) is 3. The van der Waals surface area contributed by atoms with Gasteiger partial charge in [0.05, 0.1) is 6.61 Å². The number of benzene rings is 1. The molecule has 3 N–H and O–H groups in total. The zero-order chi connectivity index (χ0) is 16.4. The number of hydrazine groups is 1. The minimum absolute atomic E-state index is 0.307. The SMILES string of the molecule is C=CCNC(=S)NNC(=O)[C@H](C)Oc1ccc(OCC)cc1. The minimum Gasteiger partial charge on any atom is -0.494 e. The van der Waals surface area contributed by atoms with Crippen LogP contribution in [0.1, 0.15) is 13.8 Å². The van der Waals surface area contributed by atoms with Gasteiger partial charge in [0.2, 0.25) is 0 Å². The van der Waals surface area contributed by atoms with Crippen LogP contribution in [0, 0.1) is 0 Å². The van der Waals surface area contributed by atoms with Gasteiger partial charge in [-0.05, 0) is 50.3 Å². The zero-order valence-electron chi connectivity index (χ0n) is 12.7. The first kappa shape index (κ1) is 17.8. The van der Waals surface area contributed by atoms with Gasteiger partial charge in [-0.15, -0.1) is 6.58 Å². The highest BCUT2D eigenvalue weighted by molar-refractivity contribution is 7.80. The van der Waals surface area contributed by atoms with Crippen LogP contribution in [0.4, 0.5) is 0 Å². The standard InChI is InChI=1S/C15H21N3O3S/c1-4-10-16-15(22)18-17-14(19)11(3)21-13-8-6-12(7-9-13)20-5-2/h4,6-9,11H,1,5,10H2,2-3H3,(H,17,19)(H2,16,18,22)/t11-/m0/s1. The Balaban J connectivity index is 2.40. The summed E-state index contributed by atoms with van der Waals surface area (Å²) in [5, 5.41) is 3.13. The quantitative estimate of drug-likeness (QED) is 0.402. The fourth-order valence-electron chi connectivity index (χ4n) is 1.47. The molecule has 7 heteroatoms. The molecule has 1 atom stereocenters. The molecule has 22 heavy (non-hydrogen) atoms. The first-order chi connectivity index (χ1) is 10.6. The average molecular weight is 323 g/mol. The van der Waals surface area contributed by atoms with Crippen LogP contribution in [0.2, 0.25) is 0 Å². The summed E-state index contributed by atoms with van der Waals surface area (Å²) >= 11 is 4.95. The van der Waals surface area contributed by atoms with E-state index in [2.05, 4.69) is 22.7 Å². The summed E-state index contributed by atoms with van der Waals surface area (Å²) in [7, 11) is 0. The van der Waals surface area contributed by atoms with Gasteiger partial charge < -0.3 is 14.8 Å². The van der Waals surface area contributed by atoms with Crippen LogP contribution in [-0.2, 0) is 4.79 Å². The van der Waals surface area contributed by atoms with E-state index in [4.69, 9.17) is 21.7 Å². The van der Waals surface area contributed by atoms with Gasteiger partial charge in [0.1, 0.15) is 11.5 Å². The molecule has 0 aromatic heterocycles. The third-order valence-electron chi connectivity index (χ3n) is 2.52. The lowest BCUT2D eigenvalue weighted by atomic mass is 10.3. The van der Waals surface area contributed by atoms with Gasteiger partial charge in [-0.3, -0.25) is 15.6 Å². The summed E-state index contributed by atoms with van der Waals surface area (Å²) in [6.45, 7) is 8.23. The van der Waals surface area contributed by atoms with E-state index in [1.807, 2.05) is 6.92 Å². The van der Waals surface area contributed by atoms with Gasteiger partial charge in [-0.2, -0.15) is 0 Å². The number of hydrogen-bond donors (Lipinski definition) is 3. The number of carbonyl (C=O) groups excluding carboxylic acids is 1. The minimum atomic E-state index is -0.673. The molecular formula is C15H21N3O3S. The van der Waals surface area contributed by atoms with Crippen molar-refractivity contribution in [1.82, 2.24) is 16.2 Å². The van der Waals surface area contributed by atoms with Gasteiger partial charge in [0.15, 0.2) is 11.2 Å². The Morgan fingerprint density at radius 1 is 1.32 bits per heavy atom. The predicted molar refractivity (Wildman–Crippen MR) is 89.8 cm³/mol. The largest absolute Gasteiger partial charge is 0.494 e. The molecule has 0 saturated heterocycles. The van der Waals surface area contributed by atoms with E-state index < -0.39 is 6.10 Å². The van der Waals surface area contributed by atoms with Gasteiger partial charge in [0, 0.05) is 6.54 Å². The lowest BCUT2D eigenvalue weighted by Crippen LogP contribution is -2.50. The summed E-state index contributed by atoms with van der Waals surface area (Å²) in [6.07, 6.45) is 0.987. The van der Waals surface area contributed by atoms with Crippen LogP contribution < -0.4 is 25.6 Å². The zero-order valence-corrected chi connectivity index (χ0v) is 13.5. The Bertz CT molecular complexity index is 505. The molecule has 0 aliphatic carbocycles. The Kier molecular flexibility index (Phi) is 7.77. The van der Waals surface area contributed by atoms with Crippen molar-refractivity contribution in [3.63, 3.8) is 0 Å². The van der Waals surface area contributed by atoms with Crippen molar-refractivity contribution in [2.45, 2.75) is 20.0 Å². The Labute approximate surface area is 135 Å². The van der Waals surface area contributed by atoms with E-state index in [0.717, 1.165) is 5.75 Å². The molecular weight excluding hydrogens is 302 g/mol. The van der Waals surface area contributed by atoms with E-state index in [0.29, 0.717) is 24.0 Å². The van der Waals surface area contributed by atoms with E-state index in [-0.39, 0.29) is 5.91 Å². The molecule has 1 rings (SSSR count). The molecule has 0 radical (unpaired) electrons. The maximum absolute atomic E-state index is 11.9. The second-order valence-electron chi connectivity index (χ2n) is 4.28. The molecule has 6 nitrogen and oxygen atoms in total. The molecule has 0 fully saturated rings. The fraction of sp³-hybridized carbons (Fsp3) is 0.333. The molecule has 1 amide bonds. The summed E-state index contributed by atoms with van der Waals surface area (Å²) in [5.74, 6) is 1.00. The topological polar surface area (TPSA) is 71.6 Å². The molecule has 0 aliphatic rings. The van der Waals surface area contributed by atoms with Gasteiger partial charge in [0.25, 0.3) is 5.91 Å². The van der Waals surface area contributed by atoms with E-state index in [1.54, 1.807) is 37.3 Å². The second kappa shape index (κ2) is 9.62. The van der Waals surface area contributed by atoms with E-state index in [1.165, 1.54) is 0 Å². The molecule has 120 valence electrons. The Hall–Kier alpha value is -2.28. The first-order valence-electron chi connectivity index (χ1n) is 6.91. The predicted octanol–water partition coefficient (Wildman–Crippen LogP) is 1.53. The number of hydrogen-bond acceptors (Lipinski definition) is 4. The molecule has 0 aliphatic heterocycles. The molecule has 1 aromatic rings.